The number of carbonyl (C=O) groups excluding carboxylic acids is 1. The Morgan fingerprint density at radius 3 is 2.17 bits per heavy atom. The van der Waals surface area contributed by atoms with Crippen molar-refractivity contribution in [3.8, 4) is 0 Å². The van der Waals surface area contributed by atoms with E-state index in [9.17, 15) is 9.70 Å². The van der Waals surface area contributed by atoms with Crippen molar-refractivity contribution in [1.29, 1.82) is 0 Å². The van der Waals surface area contributed by atoms with Gasteiger partial charge in [0.15, 0.2) is 6.10 Å². The third-order valence-corrected chi connectivity index (χ3v) is 1.25. The van der Waals surface area contributed by atoms with Crippen LogP contribution in [-0.4, -0.2) is 51.3 Å². The summed E-state index contributed by atoms with van der Waals surface area (Å²) < 4.78 is 0. The summed E-state index contributed by atoms with van der Waals surface area (Å²) in [5.41, 5.74) is 0. The Labute approximate surface area is 67.2 Å². The van der Waals surface area contributed by atoms with Crippen molar-refractivity contribution in [1.82, 2.24) is 0 Å². The highest BCUT2D eigenvalue weighted by molar-refractivity contribution is 5.81. The molecule has 0 fully saturated rings. The van der Waals surface area contributed by atoms with Gasteiger partial charge in [0.1, 0.15) is 12.2 Å². The zero-order valence-electron chi connectivity index (χ0n) is 5.99. The summed E-state index contributed by atoms with van der Waals surface area (Å²) in [5, 5.41) is 36.3. The first-order chi connectivity index (χ1) is 5.54. The largest absolute Gasteiger partial charge is 0.394 e. The summed E-state index contributed by atoms with van der Waals surface area (Å²) in [6.45, 7) is -0.829. The zero-order valence-corrected chi connectivity index (χ0v) is 5.99. The van der Waals surface area contributed by atoms with Gasteiger partial charge in [-0.05, 0) is 0 Å². The van der Waals surface area contributed by atoms with Gasteiger partial charge in [0.05, 0.1) is 6.61 Å². The van der Waals surface area contributed by atoms with E-state index in [2.05, 4.69) is 0 Å². The van der Waals surface area contributed by atoms with E-state index in [4.69, 9.17) is 20.4 Å². The minimum absolute atomic E-state index is 0.829. The predicted molar refractivity (Wildman–Crippen MR) is 35.9 cm³/mol. The van der Waals surface area contributed by atoms with Crippen molar-refractivity contribution in [2.75, 3.05) is 6.61 Å². The van der Waals surface area contributed by atoms with Gasteiger partial charge < -0.3 is 20.4 Å². The SMILES string of the molecule is O=NC(=O)C(O)C(O)C(O)CO. The maximum Gasteiger partial charge on any atom is 0.317 e. The fourth-order valence-corrected chi connectivity index (χ4v) is 0.518. The van der Waals surface area contributed by atoms with Crippen LogP contribution in [0.3, 0.4) is 0 Å². The first kappa shape index (κ1) is 11.1. The van der Waals surface area contributed by atoms with E-state index < -0.39 is 30.8 Å². The average molecular weight is 179 g/mol. The number of aliphatic hydroxyl groups is 4. The average Bonchev–Trinajstić information content (AvgIpc) is 2.12. The lowest BCUT2D eigenvalue weighted by molar-refractivity contribution is -0.138. The third kappa shape index (κ3) is 2.62. The van der Waals surface area contributed by atoms with Crippen LogP contribution in [-0.2, 0) is 4.79 Å². The Morgan fingerprint density at radius 1 is 1.33 bits per heavy atom. The van der Waals surface area contributed by atoms with Gasteiger partial charge in [-0.2, -0.15) is 0 Å². The van der Waals surface area contributed by atoms with Crippen molar-refractivity contribution >= 4 is 5.91 Å². The summed E-state index contributed by atoms with van der Waals surface area (Å²) in [4.78, 5) is 19.8. The number of aliphatic hydroxyl groups excluding tert-OH is 4. The number of nitrogens with zero attached hydrogens (tertiary/aromatic N) is 1. The molecule has 0 saturated heterocycles. The van der Waals surface area contributed by atoms with E-state index in [0.717, 1.165) is 0 Å². The van der Waals surface area contributed by atoms with Gasteiger partial charge in [-0.1, -0.05) is 0 Å². The lowest BCUT2D eigenvalue weighted by atomic mass is 10.1. The highest BCUT2D eigenvalue weighted by Crippen LogP contribution is 2.01. The summed E-state index contributed by atoms with van der Waals surface area (Å²) in [6.07, 6.45) is -5.67. The number of rotatable bonds is 4. The molecule has 12 heavy (non-hydrogen) atoms. The molecular weight excluding hydrogens is 170 g/mol. The van der Waals surface area contributed by atoms with Gasteiger partial charge in [0, 0.05) is 5.18 Å². The second kappa shape index (κ2) is 4.88. The maximum atomic E-state index is 10.3. The van der Waals surface area contributed by atoms with Crippen LogP contribution in [0.5, 0.6) is 0 Å². The molecular formula is C5H9NO6. The van der Waals surface area contributed by atoms with Crippen LogP contribution < -0.4 is 0 Å². The van der Waals surface area contributed by atoms with Crippen molar-refractivity contribution in [3.63, 3.8) is 0 Å². The quantitative estimate of drug-likeness (QED) is 0.349. The molecule has 1 amide bonds. The molecule has 0 aromatic rings. The van der Waals surface area contributed by atoms with E-state index in [0.29, 0.717) is 0 Å². The van der Waals surface area contributed by atoms with Gasteiger partial charge in [0.25, 0.3) is 0 Å². The summed E-state index contributed by atoms with van der Waals surface area (Å²) in [6, 6.07) is 0. The molecule has 0 saturated carbocycles. The van der Waals surface area contributed by atoms with Crippen LogP contribution in [0.4, 0.5) is 0 Å². The van der Waals surface area contributed by atoms with Gasteiger partial charge >= 0.3 is 5.91 Å². The minimum atomic E-state index is -2.09. The number of hydrogen-bond acceptors (Lipinski definition) is 6. The molecule has 7 nitrogen and oxygen atoms in total. The standard InChI is InChI=1S/C5H9NO6/c7-1-2(8)3(9)4(10)5(11)6-12/h2-4,7-10H,1H2. The third-order valence-electron chi connectivity index (χ3n) is 1.25. The Hall–Kier alpha value is -0.890. The predicted octanol–water partition coefficient (Wildman–Crippen LogP) is -2.65. The summed E-state index contributed by atoms with van der Waals surface area (Å²) >= 11 is 0. The number of amides is 1. The van der Waals surface area contributed by atoms with E-state index in [1.165, 1.54) is 0 Å². The van der Waals surface area contributed by atoms with Gasteiger partial charge in [0.2, 0.25) is 0 Å². The minimum Gasteiger partial charge on any atom is -0.394 e. The van der Waals surface area contributed by atoms with Crippen LogP contribution in [0.1, 0.15) is 0 Å². The van der Waals surface area contributed by atoms with Crippen molar-refractivity contribution in [2.45, 2.75) is 18.3 Å². The summed E-state index contributed by atoms with van der Waals surface area (Å²) in [5.74, 6) is -1.49. The van der Waals surface area contributed by atoms with Crippen LogP contribution in [0.2, 0.25) is 0 Å². The molecule has 0 radical (unpaired) electrons. The lowest BCUT2D eigenvalue weighted by Gasteiger charge is -2.17. The van der Waals surface area contributed by atoms with Crippen LogP contribution >= 0.6 is 0 Å². The number of hydrogen-bond donors (Lipinski definition) is 4. The van der Waals surface area contributed by atoms with Crippen LogP contribution in [0.25, 0.3) is 0 Å². The second-order valence-electron chi connectivity index (χ2n) is 2.11. The molecule has 0 rings (SSSR count). The van der Waals surface area contributed by atoms with E-state index in [1.807, 2.05) is 5.18 Å². The second-order valence-corrected chi connectivity index (χ2v) is 2.11. The van der Waals surface area contributed by atoms with Crippen LogP contribution in [0, 0.1) is 4.91 Å². The van der Waals surface area contributed by atoms with E-state index in [1.54, 1.807) is 0 Å². The fraction of sp³-hybridized carbons (Fsp3) is 0.800. The molecule has 0 aliphatic rings. The Morgan fingerprint density at radius 2 is 1.83 bits per heavy atom. The van der Waals surface area contributed by atoms with Crippen molar-refractivity contribution in [3.05, 3.63) is 4.91 Å². The lowest BCUT2D eigenvalue weighted by Crippen LogP contribution is -2.43. The molecule has 3 atom stereocenters. The molecule has 0 aromatic heterocycles. The van der Waals surface area contributed by atoms with Crippen molar-refractivity contribution in [2.24, 2.45) is 5.18 Å². The molecule has 3 unspecified atom stereocenters. The Balaban J connectivity index is 4.17. The maximum absolute atomic E-state index is 10.3. The highest BCUT2D eigenvalue weighted by Gasteiger charge is 2.30. The van der Waals surface area contributed by atoms with E-state index in [-0.39, 0.29) is 0 Å². The first-order valence-electron chi connectivity index (χ1n) is 3.06. The van der Waals surface area contributed by atoms with Gasteiger partial charge in [-0.3, -0.25) is 4.79 Å². The van der Waals surface area contributed by atoms with Crippen LogP contribution in [0.15, 0.2) is 5.18 Å². The Bertz CT molecular complexity index is 171. The molecule has 0 heterocycles. The number of nitroso groups, excluding NO2 is 1. The smallest absolute Gasteiger partial charge is 0.317 e. The molecule has 0 aliphatic carbocycles. The van der Waals surface area contributed by atoms with E-state index >= 15 is 0 Å². The monoisotopic (exact) mass is 179 g/mol. The fourth-order valence-electron chi connectivity index (χ4n) is 0.518. The topological polar surface area (TPSA) is 127 Å². The Kier molecular flexibility index (Phi) is 4.52. The molecule has 0 bridgehead atoms. The normalized spacial score (nSPS) is 18.0. The molecule has 0 aliphatic heterocycles. The first-order valence-corrected chi connectivity index (χ1v) is 3.06. The molecule has 7 heteroatoms. The molecule has 0 aromatic carbocycles. The molecule has 4 N–H and O–H groups in total. The molecule has 70 valence electrons. The highest BCUT2D eigenvalue weighted by atomic mass is 16.4. The number of carbonyl (C=O) groups is 1. The molecule has 0 spiro atoms. The van der Waals surface area contributed by atoms with Gasteiger partial charge in [-0.15, -0.1) is 4.91 Å². The van der Waals surface area contributed by atoms with Gasteiger partial charge in [-0.25, -0.2) is 0 Å². The zero-order chi connectivity index (χ0) is 9.72. The van der Waals surface area contributed by atoms with Crippen molar-refractivity contribution < 1.29 is 25.2 Å². The summed E-state index contributed by atoms with van der Waals surface area (Å²) in [7, 11) is 0.